The molecule has 1 aromatic carbocycles. The third kappa shape index (κ3) is 7.12. The number of rotatable bonds is 10. The average molecular weight is 593 g/mol. The lowest BCUT2D eigenvalue weighted by atomic mass is 9.75. The van der Waals surface area contributed by atoms with Gasteiger partial charge in [0.1, 0.15) is 12.1 Å². The molecule has 1 unspecified atom stereocenters. The fourth-order valence-electron chi connectivity index (χ4n) is 5.78. The van der Waals surface area contributed by atoms with Crippen LogP contribution in [0.25, 0.3) is 5.69 Å². The first-order chi connectivity index (χ1) is 19.7. The number of nitrogens with two attached hydrogens (primary N) is 3. The van der Waals surface area contributed by atoms with Crippen molar-refractivity contribution in [1.29, 1.82) is 0 Å². The Balaban J connectivity index is 1.53. The Labute approximate surface area is 242 Å². The van der Waals surface area contributed by atoms with Crippen LogP contribution in [0, 0.1) is 5.41 Å². The Morgan fingerprint density at radius 2 is 1.86 bits per heavy atom. The lowest BCUT2D eigenvalue weighted by molar-refractivity contribution is -0.152. The van der Waals surface area contributed by atoms with Gasteiger partial charge in [-0.2, -0.15) is 18.3 Å². The van der Waals surface area contributed by atoms with Crippen molar-refractivity contribution in [2.45, 2.75) is 96.0 Å². The number of hydrogen-bond donors (Lipinski definition) is 4. The summed E-state index contributed by atoms with van der Waals surface area (Å²) in [7, 11) is 0. The molecular formula is C29H39F3N6O4. The fraction of sp³-hybridized carbons (Fsp3) is 0.586. The first kappa shape index (κ1) is 31.5. The molecule has 1 amide bonds. The molecule has 2 aliphatic rings. The number of amides is 1. The SMILES string of the molecule is CC1(C)CC(=O)c2c(C(F)(F)F)nn(-c3ccc(C(N)=O)c(NC4CCC(OC(=O)C(N)CCCCN)CC4)c3)c2C1. The van der Waals surface area contributed by atoms with Crippen LogP contribution in [0.3, 0.4) is 0 Å². The molecule has 1 aromatic heterocycles. The number of nitrogens with zero attached hydrogens (tertiary/aromatic N) is 2. The number of esters is 1. The molecule has 230 valence electrons. The van der Waals surface area contributed by atoms with Gasteiger partial charge in [-0.25, -0.2) is 4.68 Å². The number of ketones is 1. The highest BCUT2D eigenvalue weighted by molar-refractivity contribution is 6.00. The lowest BCUT2D eigenvalue weighted by Gasteiger charge is -2.31. The number of alkyl halides is 3. The van der Waals surface area contributed by atoms with Gasteiger partial charge >= 0.3 is 12.1 Å². The number of aromatic nitrogens is 2. The van der Waals surface area contributed by atoms with Crippen LogP contribution in [0.4, 0.5) is 18.9 Å². The van der Waals surface area contributed by atoms with Crippen molar-refractivity contribution in [3.63, 3.8) is 0 Å². The molecule has 0 spiro atoms. The first-order valence-electron chi connectivity index (χ1n) is 14.3. The van der Waals surface area contributed by atoms with Crippen LogP contribution in [0.5, 0.6) is 0 Å². The van der Waals surface area contributed by atoms with E-state index in [1.807, 2.05) is 13.8 Å². The normalized spacial score (nSPS) is 21.0. The summed E-state index contributed by atoms with van der Waals surface area (Å²) in [5.41, 5.74) is 15.9. The first-order valence-corrected chi connectivity index (χ1v) is 14.3. The van der Waals surface area contributed by atoms with Crippen molar-refractivity contribution in [2.24, 2.45) is 22.6 Å². The van der Waals surface area contributed by atoms with Gasteiger partial charge in [-0.1, -0.05) is 20.3 Å². The number of carbonyl (C=O) groups is 3. The van der Waals surface area contributed by atoms with Gasteiger partial charge in [-0.05, 0) is 75.1 Å². The Morgan fingerprint density at radius 1 is 1.17 bits per heavy atom. The standard InChI is InChI=1S/C29H39F3N6O4/c1-28(2)14-22-24(23(39)15-28)25(29(30,31)32)37-38(22)17-8-11-19(26(35)40)21(13-17)36-16-6-9-18(10-7-16)42-27(41)20(34)5-3-4-12-33/h8,11,13,16,18,20,36H,3-7,9-10,12,14-15,33-34H2,1-2H3,(H2,35,40). The molecule has 1 fully saturated rings. The molecule has 4 rings (SSSR count). The number of Topliss-reactive ketones (excluding diaryl/α,β-unsaturated/α-hetero) is 1. The van der Waals surface area contributed by atoms with Gasteiger partial charge < -0.3 is 27.3 Å². The summed E-state index contributed by atoms with van der Waals surface area (Å²) in [5.74, 6) is -1.74. The van der Waals surface area contributed by atoms with Crippen LogP contribution in [0.1, 0.15) is 97.3 Å². The second-order valence-electron chi connectivity index (χ2n) is 12.1. The molecule has 0 radical (unpaired) electrons. The minimum Gasteiger partial charge on any atom is -0.461 e. The maximum atomic E-state index is 13.9. The predicted octanol–water partition coefficient (Wildman–Crippen LogP) is 3.87. The number of nitrogens with one attached hydrogen (secondary N) is 1. The smallest absolute Gasteiger partial charge is 0.435 e. The van der Waals surface area contributed by atoms with Crippen molar-refractivity contribution in [3.8, 4) is 5.69 Å². The van der Waals surface area contributed by atoms with Crippen molar-refractivity contribution in [3.05, 3.63) is 40.7 Å². The molecule has 0 saturated heterocycles. The van der Waals surface area contributed by atoms with Crippen LogP contribution in [-0.4, -0.2) is 52.2 Å². The maximum absolute atomic E-state index is 13.9. The van der Waals surface area contributed by atoms with Crippen LogP contribution in [0.15, 0.2) is 18.2 Å². The molecule has 1 atom stereocenters. The summed E-state index contributed by atoms with van der Waals surface area (Å²) in [4.78, 5) is 37.4. The minimum absolute atomic E-state index is 0.0135. The predicted molar refractivity (Wildman–Crippen MR) is 150 cm³/mol. The summed E-state index contributed by atoms with van der Waals surface area (Å²) in [6.07, 6.45) is -0.473. The minimum atomic E-state index is -4.81. The number of ether oxygens (including phenoxy) is 1. The topological polar surface area (TPSA) is 168 Å². The monoisotopic (exact) mass is 592 g/mol. The van der Waals surface area contributed by atoms with E-state index in [9.17, 15) is 27.6 Å². The van der Waals surface area contributed by atoms with Gasteiger partial charge in [0, 0.05) is 18.2 Å². The highest BCUT2D eigenvalue weighted by Crippen LogP contribution is 2.42. The average Bonchev–Trinajstić information content (AvgIpc) is 3.29. The molecule has 7 N–H and O–H groups in total. The largest absolute Gasteiger partial charge is 0.461 e. The van der Waals surface area contributed by atoms with E-state index < -0.39 is 46.6 Å². The molecule has 42 heavy (non-hydrogen) atoms. The number of fused-ring (bicyclic) bond motifs is 1. The van der Waals surface area contributed by atoms with Crippen molar-refractivity contribution in [2.75, 3.05) is 11.9 Å². The summed E-state index contributed by atoms with van der Waals surface area (Å²) >= 11 is 0. The second kappa shape index (κ2) is 12.4. The molecule has 10 nitrogen and oxygen atoms in total. The summed E-state index contributed by atoms with van der Waals surface area (Å²) in [5, 5.41) is 7.15. The van der Waals surface area contributed by atoms with Crippen LogP contribution in [0.2, 0.25) is 0 Å². The van der Waals surface area contributed by atoms with Gasteiger partial charge in [-0.3, -0.25) is 14.4 Å². The van der Waals surface area contributed by atoms with Crippen molar-refractivity contribution < 1.29 is 32.3 Å². The quantitative estimate of drug-likeness (QED) is 0.238. The molecule has 0 aliphatic heterocycles. The Hall–Kier alpha value is -3.45. The zero-order chi connectivity index (χ0) is 30.8. The number of unbranched alkanes of at least 4 members (excludes halogenated alkanes) is 1. The Kier molecular flexibility index (Phi) is 9.31. The molecular weight excluding hydrogens is 553 g/mol. The molecule has 2 aromatic rings. The summed E-state index contributed by atoms with van der Waals surface area (Å²) < 4.78 is 48.5. The van der Waals surface area contributed by atoms with E-state index in [1.165, 1.54) is 18.2 Å². The van der Waals surface area contributed by atoms with Gasteiger partial charge in [0.25, 0.3) is 5.91 Å². The number of benzene rings is 1. The summed E-state index contributed by atoms with van der Waals surface area (Å²) in [6.45, 7) is 4.19. The van der Waals surface area contributed by atoms with Crippen LogP contribution >= 0.6 is 0 Å². The highest BCUT2D eigenvalue weighted by atomic mass is 19.4. The summed E-state index contributed by atoms with van der Waals surface area (Å²) in [6, 6.07) is 3.64. The van der Waals surface area contributed by atoms with Crippen LogP contribution < -0.4 is 22.5 Å². The zero-order valence-corrected chi connectivity index (χ0v) is 23.9. The maximum Gasteiger partial charge on any atom is 0.435 e. The van der Waals surface area contributed by atoms with E-state index >= 15 is 0 Å². The highest BCUT2D eigenvalue weighted by Gasteiger charge is 2.45. The number of carbonyl (C=O) groups excluding carboxylic acids is 3. The van der Waals surface area contributed by atoms with Crippen molar-refractivity contribution >= 4 is 23.3 Å². The number of anilines is 1. The second-order valence-corrected chi connectivity index (χ2v) is 12.1. The number of hydrogen-bond acceptors (Lipinski definition) is 8. The fourth-order valence-corrected chi connectivity index (χ4v) is 5.78. The van der Waals surface area contributed by atoms with E-state index in [2.05, 4.69) is 10.4 Å². The van der Waals surface area contributed by atoms with E-state index in [0.29, 0.717) is 44.3 Å². The van der Waals surface area contributed by atoms with Gasteiger partial charge in [0.15, 0.2) is 11.5 Å². The lowest BCUT2D eigenvalue weighted by Crippen LogP contribution is -2.37. The third-order valence-corrected chi connectivity index (χ3v) is 7.92. The van der Waals surface area contributed by atoms with E-state index in [1.54, 1.807) is 0 Å². The van der Waals surface area contributed by atoms with E-state index in [-0.39, 0.29) is 41.9 Å². The number of primary amides is 1. The van der Waals surface area contributed by atoms with E-state index in [4.69, 9.17) is 21.9 Å². The number of halogens is 3. The molecule has 2 aliphatic carbocycles. The van der Waals surface area contributed by atoms with Crippen LogP contribution in [-0.2, 0) is 22.1 Å². The van der Waals surface area contributed by atoms with E-state index in [0.717, 1.165) is 17.5 Å². The van der Waals surface area contributed by atoms with Gasteiger partial charge in [0.2, 0.25) is 0 Å². The Morgan fingerprint density at radius 3 is 2.48 bits per heavy atom. The molecule has 1 heterocycles. The van der Waals surface area contributed by atoms with Gasteiger partial charge in [0.05, 0.1) is 22.5 Å². The third-order valence-electron chi connectivity index (χ3n) is 7.92. The molecule has 1 saturated carbocycles. The zero-order valence-electron chi connectivity index (χ0n) is 23.9. The van der Waals surface area contributed by atoms with Crippen molar-refractivity contribution in [1.82, 2.24) is 9.78 Å². The molecule has 13 heteroatoms. The Bertz CT molecular complexity index is 1330. The molecule has 0 bridgehead atoms. The van der Waals surface area contributed by atoms with Gasteiger partial charge in [-0.15, -0.1) is 0 Å².